The Hall–Kier alpha value is -2.86. The van der Waals surface area contributed by atoms with Gasteiger partial charge in [-0.25, -0.2) is 0 Å². The first-order valence-electron chi connectivity index (χ1n) is 7.71. The van der Waals surface area contributed by atoms with Crippen molar-refractivity contribution in [2.45, 2.75) is 13.8 Å². The molecule has 1 saturated heterocycles. The second-order valence-corrected chi connectivity index (χ2v) is 7.00. The third kappa shape index (κ3) is 2.96. The van der Waals surface area contributed by atoms with E-state index < -0.39 is 5.91 Å². The van der Waals surface area contributed by atoms with Crippen molar-refractivity contribution >= 4 is 40.0 Å². The van der Waals surface area contributed by atoms with Crippen LogP contribution in [0.1, 0.15) is 16.9 Å². The molecule has 0 spiro atoms. The number of benzene rings is 1. The number of carbonyl (C=O) groups excluding carboxylic acids is 2. The van der Waals surface area contributed by atoms with Crippen molar-refractivity contribution in [2.24, 2.45) is 0 Å². The number of nitrogens with one attached hydrogen (secondary N) is 1. The summed E-state index contributed by atoms with van der Waals surface area (Å²) < 4.78 is 5.96. The number of furan rings is 1. The van der Waals surface area contributed by atoms with Gasteiger partial charge in [-0.2, -0.15) is 0 Å². The van der Waals surface area contributed by atoms with Gasteiger partial charge in [-0.15, -0.1) is 0 Å². The van der Waals surface area contributed by atoms with Crippen molar-refractivity contribution in [1.29, 1.82) is 0 Å². The van der Waals surface area contributed by atoms with Gasteiger partial charge in [0.2, 0.25) is 0 Å². The SMILES string of the molecule is Cc1cc(C)cc(-c2cncc3cc(C=C4SC(=O)NC4=O)oc23)c1. The number of aromatic nitrogens is 1. The van der Waals surface area contributed by atoms with Gasteiger partial charge in [-0.1, -0.05) is 29.3 Å². The fourth-order valence-electron chi connectivity index (χ4n) is 2.94. The Labute approximate surface area is 148 Å². The maximum Gasteiger partial charge on any atom is 0.290 e. The zero-order valence-electron chi connectivity index (χ0n) is 13.6. The highest BCUT2D eigenvalue weighted by molar-refractivity contribution is 8.18. The summed E-state index contributed by atoms with van der Waals surface area (Å²) in [5.74, 6) is 0.115. The van der Waals surface area contributed by atoms with Crippen LogP contribution in [0.15, 0.2) is 46.0 Å². The molecule has 1 aliphatic rings. The first-order chi connectivity index (χ1) is 12.0. The van der Waals surface area contributed by atoms with E-state index in [0.717, 1.165) is 28.3 Å². The molecule has 1 aliphatic heterocycles. The quantitative estimate of drug-likeness (QED) is 0.692. The van der Waals surface area contributed by atoms with Gasteiger partial charge in [0.05, 0.1) is 4.91 Å². The average Bonchev–Trinajstić information content (AvgIpc) is 3.08. The maximum atomic E-state index is 11.7. The number of rotatable bonds is 2. The van der Waals surface area contributed by atoms with E-state index in [0.29, 0.717) is 16.2 Å². The zero-order chi connectivity index (χ0) is 17.6. The number of carbonyl (C=O) groups is 2. The summed E-state index contributed by atoms with van der Waals surface area (Å²) in [5, 5.41) is 2.71. The number of amides is 2. The van der Waals surface area contributed by atoms with Gasteiger partial charge in [0.1, 0.15) is 11.3 Å². The van der Waals surface area contributed by atoms with Crippen molar-refractivity contribution in [2.75, 3.05) is 0 Å². The Morgan fingerprint density at radius 1 is 1.08 bits per heavy atom. The molecule has 0 radical (unpaired) electrons. The van der Waals surface area contributed by atoms with Crippen molar-refractivity contribution in [3.8, 4) is 11.1 Å². The minimum absolute atomic E-state index is 0.324. The lowest BCUT2D eigenvalue weighted by Gasteiger charge is -2.05. The highest BCUT2D eigenvalue weighted by atomic mass is 32.2. The number of imide groups is 1. The van der Waals surface area contributed by atoms with Crippen LogP contribution < -0.4 is 5.32 Å². The Morgan fingerprint density at radius 3 is 2.52 bits per heavy atom. The highest BCUT2D eigenvalue weighted by Crippen LogP contribution is 2.33. The summed E-state index contributed by atoms with van der Waals surface area (Å²) in [6, 6.07) is 8.10. The number of hydrogen-bond acceptors (Lipinski definition) is 5. The Morgan fingerprint density at radius 2 is 1.84 bits per heavy atom. The third-order valence-electron chi connectivity index (χ3n) is 3.89. The topological polar surface area (TPSA) is 72.2 Å². The van der Waals surface area contributed by atoms with E-state index in [1.807, 2.05) is 6.07 Å². The van der Waals surface area contributed by atoms with Crippen LogP contribution in [0.5, 0.6) is 0 Å². The van der Waals surface area contributed by atoms with Crippen LogP contribution >= 0.6 is 11.8 Å². The zero-order valence-corrected chi connectivity index (χ0v) is 14.4. The molecule has 2 aromatic heterocycles. The van der Waals surface area contributed by atoms with Crippen molar-refractivity contribution in [3.05, 3.63) is 58.5 Å². The molecule has 25 heavy (non-hydrogen) atoms. The number of hydrogen-bond donors (Lipinski definition) is 1. The van der Waals surface area contributed by atoms with E-state index >= 15 is 0 Å². The molecular formula is C19H14N2O3S. The first-order valence-corrected chi connectivity index (χ1v) is 8.52. The predicted molar refractivity (Wildman–Crippen MR) is 98.0 cm³/mol. The Bertz CT molecular complexity index is 1050. The minimum atomic E-state index is -0.400. The molecule has 0 atom stereocenters. The number of aryl methyl sites for hydroxylation is 2. The fourth-order valence-corrected chi connectivity index (χ4v) is 3.60. The Balaban J connectivity index is 1.83. The molecule has 1 aromatic carbocycles. The van der Waals surface area contributed by atoms with Crippen molar-refractivity contribution in [3.63, 3.8) is 0 Å². The average molecular weight is 350 g/mol. The molecule has 0 saturated carbocycles. The molecule has 0 unspecified atom stereocenters. The van der Waals surface area contributed by atoms with E-state index in [9.17, 15) is 9.59 Å². The minimum Gasteiger partial charge on any atom is -0.456 e. The van der Waals surface area contributed by atoms with Gasteiger partial charge in [0.25, 0.3) is 11.1 Å². The summed E-state index contributed by atoms with van der Waals surface area (Å²) in [6.45, 7) is 4.10. The summed E-state index contributed by atoms with van der Waals surface area (Å²) in [7, 11) is 0. The number of thioether (sulfide) groups is 1. The Kier molecular flexibility index (Phi) is 3.69. The van der Waals surface area contributed by atoms with Crippen molar-refractivity contribution < 1.29 is 14.0 Å². The number of nitrogens with zero attached hydrogens (tertiary/aromatic N) is 1. The maximum absolute atomic E-state index is 11.7. The van der Waals surface area contributed by atoms with E-state index in [1.54, 1.807) is 18.5 Å². The van der Waals surface area contributed by atoms with E-state index in [-0.39, 0.29) is 5.24 Å². The summed E-state index contributed by atoms with van der Waals surface area (Å²) in [4.78, 5) is 27.6. The van der Waals surface area contributed by atoms with Gasteiger partial charge < -0.3 is 4.42 Å². The van der Waals surface area contributed by atoms with Gasteiger partial charge in [0.15, 0.2) is 0 Å². The van der Waals surface area contributed by atoms with Crippen LogP contribution in [0.4, 0.5) is 4.79 Å². The van der Waals surface area contributed by atoms with Crippen LogP contribution in [0, 0.1) is 13.8 Å². The number of fused-ring (bicyclic) bond motifs is 1. The standard InChI is InChI=1S/C19H14N2O3S/c1-10-3-11(2)5-12(4-10)15-9-20-8-13-6-14(24-17(13)15)7-16-18(22)21-19(23)25-16/h3-9H,1-2H3,(H,21,22,23). The molecule has 6 heteroatoms. The van der Waals surface area contributed by atoms with Gasteiger partial charge >= 0.3 is 0 Å². The molecule has 3 aromatic rings. The van der Waals surface area contributed by atoms with Crippen LogP contribution in [0.25, 0.3) is 28.2 Å². The first kappa shape index (κ1) is 15.7. The summed E-state index contributed by atoms with van der Waals surface area (Å²) in [5.41, 5.74) is 4.97. The molecule has 124 valence electrons. The van der Waals surface area contributed by atoms with Crippen LogP contribution in [0.3, 0.4) is 0 Å². The van der Waals surface area contributed by atoms with Gasteiger partial charge in [-0.3, -0.25) is 19.9 Å². The summed E-state index contributed by atoms with van der Waals surface area (Å²) in [6.07, 6.45) is 5.08. The molecule has 1 fully saturated rings. The molecule has 0 bridgehead atoms. The lowest BCUT2D eigenvalue weighted by Crippen LogP contribution is -2.17. The second-order valence-electron chi connectivity index (χ2n) is 5.98. The molecule has 4 rings (SSSR count). The molecule has 5 nitrogen and oxygen atoms in total. The third-order valence-corrected chi connectivity index (χ3v) is 4.70. The number of pyridine rings is 1. The second kappa shape index (κ2) is 5.89. The van der Waals surface area contributed by atoms with E-state index in [4.69, 9.17) is 4.42 Å². The van der Waals surface area contributed by atoms with Crippen LogP contribution in [-0.2, 0) is 4.79 Å². The molecule has 3 heterocycles. The monoisotopic (exact) mass is 350 g/mol. The van der Waals surface area contributed by atoms with Gasteiger partial charge in [0, 0.05) is 29.4 Å². The lowest BCUT2D eigenvalue weighted by atomic mass is 10.0. The molecular weight excluding hydrogens is 336 g/mol. The molecule has 0 aliphatic carbocycles. The molecule has 1 N–H and O–H groups in total. The van der Waals surface area contributed by atoms with Gasteiger partial charge in [-0.05, 0) is 37.2 Å². The van der Waals surface area contributed by atoms with Crippen LogP contribution in [-0.4, -0.2) is 16.1 Å². The predicted octanol–water partition coefficient (Wildman–Crippen LogP) is 4.44. The fraction of sp³-hybridized carbons (Fsp3) is 0.105. The lowest BCUT2D eigenvalue weighted by molar-refractivity contribution is -0.115. The smallest absolute Gasteiger partial charge is 0.290 e. The van der Waals surface area contributed by atoms with E-state index in [1.165, 1.54) is 11.1 Å². The summed E-state index contributed by atoms with van der Waals surface area (Å²) >= 11 is 0.869. The highest BCUT2D eigenvalue weighted by Gasteiger charge is 2.25. The van der Waals surface area contributed by atoms with E-state index in [2.05, 4.69) is 42.3 Å². The molecule has 2 amide bonds. The normalized spacial score (nSPS) is 16.0. The van der Waals surface area contributed by atoms with Crippen LogP contribution in [0.2, 0.25) is 0 Å². The largest absolute Gasteiger partial charge is 0.456 e. The van der Waals surface area contributed by atoms with Crippen molar-refractivity contribution in [1.82, 2.24) is 10.3 Å².